The number of pyridine rings is 1. The summed E-state index contributed by atoms with van der Waals surface area (Å²) < 4.78 is 7.18. The zero-order chi connectivity index (χ0) is 17.1. The van der Waals surface area contributed by atoms with Gasteiger partial charge in [0, 0.05) is 39.4 Å². The molecule has 0 bridgehead atoms. The van der Waals surface area contributed by atoms with Crippen molar-refractivity contribution in [1.29, 1.82) is 0 Å². The number of ether oxygens (including phenoxy) is 1. The first-order valence-corrected chi connectivity index (χ1v) is 8.57. The van der Waals surface area contributed by atoms with Crippen molar-refractivity contribution >= 4 is 16.9 Å². The quantitative estimate of drug-likeness (QED) is 0.760. The molecule has 0 amide bonds. The van der Waals surface area contributed by atoms with Gasteiger partial charge in [0.05, 0.1) is 18.7 Å². The number of aryl methyl sites for hydroxylation is 1. The van der Waals surface area contributed by atoms with Gasteiger partial charge in [-0.05, 0) is 23.3 Å². The van der Waals surface area contributed by atoms with E-state index in [1.807, 2.05) is 25.4 Å². The van der Waals surface area contributed by atoms with E-state index in [0.717, 1.165) is 61.8 Å². The van der Waals surface area contributed by atoms with Crippen LogP contribution in [0.4, 0.5) is 5.82 Å². The third-order valence-corrected chi connectivity index (χ3v) is 4.51. The lowest BCUT2D eigenvalue weighted by Gasteiger charge is -2.27. The number of hydrogen-bond donors (Lipinski definition) is 1. The number of rotatable bonds is 5. The molecule has 0 spiro atoms. The lowest BCUT2D eigenvalue weighted by atomic mass is 10.1. The average Bonchev–Trinajstić information content (AvgIpc) is 3.05. The largest absolute Gasteiger partial charge is 0.378 e. The van der Waals surface area contributed by atoms with E-state index in [2.05, 4.69) is 43.7 Å². The molecule has 0 radical (unpaired) electrons. The molecule has 130 valence electrons. The molecule has 0 saturated carbocycles. The first-order chi connectivity index (χ1) is 12.3. The third kappa shape index (κ3) is 3.47. The molecular formula is C18H22N6O. The lowest BCUT2D eigenvalue weighted by Crippen LogP contribution is -2.36. The van der Waals surface area contributed by atoms with Gasteiger partial charge in [-0.2, -0.15) is 0 Å². The van der Waals surface area contributed by atoms with Crippen LogP contribution >= 0.6 is 0 Å². The van der Waals surface area contributed by atoms with Gasteiger partial charge < -0.3 is 15.0 Å². The van der Waals surface area contributed by atoms with Crippen molar-refractivity contribution in [3.63, 3.8) is 0 Å². The van der Waals surface area contributed by atoms with Gasteiger partial charge in [-0.25, -0.2) is 9.67 Å². The minimum absolute atomic E-state index is 0.751. The van der Waals surface area contributed by atoms with Gasteiger partial charge in [0.2, 0.25) is 0 Å². The van der Waals surface area contributed by atoms with Crippen molar-refractivity contribution in [3.8, 4) is 0 Å². The lowest BCUT2D eigenvalue weighted by molar-refractivity contribution is 0.122. The number of nitrogens with one attached hydrogen (secondary N) is 1. The summed E-state index contributed by atoms with van der Waals surface area (Å²) in [6.07, 6.45) is 1.95. The molecule has 1 saturated heterocycles. The third-order valence-electron chi connectivity index (χ3n) is 4.51. The van der Waals surface area contributed by atoms with Crippen LogP contribution in [-0.2, 0) is 24.9 Å². The van der Waals surface area contributed by atoms with Crippen LogP contribution in [0.1, 0.15) is 11.1 Å². The highest BCUT2D eigenvalue weighted by molar-refractivity contribution is 5.77. The SMILES string of the molecule is Cn1nnc2c(CNCc3ccc(N4CCOCC4)nc3)cccc21. The second-order valence-electron chi connectivity index (χ2n) is 6.23. The van der Waals surface area contributed by atoms with Crippen LogP contribution in [0.5, 0.6) is 0 Å². The highest BCUT2D eigenvalue weighted by Crippen LogP contribution is 2.16. The van der Waals surface area contributed by atoms with Crippen molar-refractivity contribution in [2.75, 3.05) is 31.2 Å². The second kappa shape index (κ2) is 7.16. The van der Waals surface area contributed by atoms with Crippen LogP contribution in [0.25, 0.3) is 11.0 Å². The van der Waals surface area contributed by atoms with E-state index in [9.17, 15) is 0 Å². The molecule has 4 rings (SSSR count). The smallest absolute Gasteiger partial charge is 0.128 e. The summed E-state index contributed by atoms with van der Waals surface area (Å²) in [6.45, 7) is 4.89. The standard InChI is InChI=1S/C18H22N6O/c1-23-16-4-2-3-15(18(16)21-22-23)13-19-11-14-5-6-17(20-12-14)24-7-9-25-10-8-24/h2-6,12,19H,7-11,13H2,1H3. The topological polar surface area (TPSA) is 68.1 Å². The van der Waals surface area contributed by atoms with Crippen molar-refractivity contribution in [1.82, 2.24) is 25.3 Å². The number of aromatic nitrogens is 4. The van der Waals surface area contributed by atoms with Crippen LogP contribution in [0, 0.1) is 0 Å². The Bertz CT molecular complexity index is 838. The van der Waals surface area contributed by atoms with Crippen molar-refractivity contribution < 1.29 is 4.74 Å². The van der Waals surface area contributed by atoms with Crippen LogP contribution in [0.15, 0.2) is 36.5 Å². The molecule has 3 heterocycles. The minimum atomic E-state index is 0.751. The van der Waals surface area contributed by atoms with Crippen molar-refractivity contribution in [2.24, 2.45) is 7.05 Å². The van der Waals surface area contributed by atoms with Crippen molar-refractivity contribution in [3.05, 3.63) is 47.7 Å². The summed E-state index contributed by atoms with van der Waals surface area (Å²) in [7, 11) is 1.91. The van der Waals surface area contributed by atoms with E-state index >= 15 is 0 Å². The fourth-order valence-corrected chi connectivity index (χ4v) is 3.10. The zero-order valence-corrected chi connectivity index (χ0v) is 14.4. The Balaban J connectivity index is 1.36. The molecule has 1 fully saturated rings. The maximum absolute atomic E-state index is 5.38. The van der Waals surface area contributed by atoms with Crippen molar-refractivity contribution in [2.45, 2.75) is 13.1 Å². The van der Waals surface area contributed by atoms with Gasteiger partial charge in [-0.1, -0.05) is 23.4 Å². The summed E-state index contributed by atoms with van der Waals surface area (Å²) in [5.41, 5.74) is 4.33. The maximum atomic E-state index is 5.38. The van der Waals surface area contributed by atoms with E-state index < -0.39 is 0 Å². The number of fused-ring (bicyclic) bond motifs is 1. The Labute approximate surface area is 146 Å². The maximum Gasteiger partial charge on any atom is 0.128 e. The second-order valence-corrected chi connectivity index (χ2v) is 6.23. The normalized spacial score (nSPS) is 15.0. The molecule has 25 heavy (non-hydrogen) atoms. The van der Waals surface area contributed by atoms with Crippen LogP contribution < -0.4 is 10.2 Å². The summed E-state index contributed by atoms with van der Waals surface area (Å²) in [5, 5.41) is 11.8. The van der Waals surface area contributed by atoms with Gasteiger partial charge in [-0.3, -0.25) is 0 Å². The van der Waals surface area contributed by atoms with E-state index in [0.29, 0.717) is 0 Å². The number of anilines is 1. The minimum Gasteiger partial charge on any atom is -0.378 e. The number of hydrogen-bond acceptors (Lipinski definition) is 6. The predicted molar refractivity (Wildman–Crippen MR) is 96.3 cm³/mol. The Morgan fingerprint density at radius 3 is 2.80 bits per heavy atom. The molecule has 0 atom stereocenters. The fraction of sp³-hybridized carbons (Fsp3) is 0.389. The monoisotopic (exact) mass is 338 g/mol. The van der Waals surface area contributed by atoms with Gasteiger partial charge in [0.1, 0.15) is 11.3 Å². The molecule has 0 unspecified atom stereocenters. The zero-order valence-electron chi connectivity index (χ0n) is 14.4. The molecule has 1 aromatic carbocycles. The van der Waals surface area contributed by atoms with Crippen LogP contribution in [0.3, 0.4) is 0 Å². The Morgan fingerprint density at radius 2 is 2.00 bits per heavy atom. The number of benzene rings is 1. The van der Waals surface area contributed by atoms with Crippen LogP contribution in [0.2, 0.25) is 0 Å². The summed E-state index contributed by atoms with van der Waals surface area (Å²) in [6, 6.07) is 10.4. The summed E-state index contributed by atoms with van der Waals surface area (Å²) in [5.74, 6) is 1.02. The Hall–Kier alpha value is -2.51. The van der Waals surface area contributed by atoms with Gasteiger partial charge in [0.15, 0.2) is 0 Å². The van der Waals surface area contributed by atoms with Gasteiger partial charge in [0.25, 0.3) is 0 Å². The molecule has 3 aromatic rings. The fourth-order valence-electron chi connectivity index (χ4n) is 3.10. The van der Waals surface area contributed by atoms with E-state index in [-0.39, 0.29) is 0 Å². The summed E-state index contributed by atoms with van der Waals surface area (Å²) >= 11 is 0. The average molecular weight is 338 g/mol. The van der Waals surface area contributed by atoms with Crippen LogP contribution in [-0.4, -0.2) is 46.3 Å². The number of morpholine rings is 1. The Kier molecular flexibility index (Phi) is 4.58. The molecule has 0 aliphatic carbocycles. The van der Waals surface area contributed by atoms with Gasteiger partial charge in [-0.15, -0.1) is 5.10 Å². The number of nitrogens with zero attached hydrogens (tertiary/aromatic N) is 5. The Morgan fingerprint density at radius 1 is 1.12 bits per heavy atom. The molecular weight excluding hydrogens is 316 g/mol. The van der Waals surface area contributed by atoms with E-state index in [1.165, 1.54) is 5.56 Å². The first-order valence-electron chi connectivity index (χ1n) is 8.57. The molecule has 7 nitrogen and oxygen atoms in total. The van der Waals surface area contributed by atoms with Gasteiger partial charge >= 0.3 is 0 Å². The van der Waals surface area contributed by atoms with E-state index in [4.69, 9.17) is 4.74 Å². The first kappa shape index (κ1) is 16.0. The highest BCUT2D eigenvalue weighted by atomic mass is 16.5. The van der Waals surface area contributed by atoms with E-state index in [1.54, 1.807) is 4.68 Å². The molecule has 1 aliphatic heterocycles. The summed E-state index contributed by atoms with van der Waals surface area (Å²) in [4.78, 5) is 6.85. The molecule has 2 aromatic heterocycles. The molecule has 1 aliphatic rings. The molecule has 1 N–H and O–H groups in total. The molecule has 7 heteroatoms. The highest BCUT2D eigenvalue weighted by Gasteiger charge is 2.12. The predicted octanol–water partition coefficient (Wildman–Crippen LogP) is 1.49.